The molecule has 1 unspecified atom stereocenters. The number of hydrogen-bond donors (Lipinski definition) is 2. The van der Waals surface area contributed by atoms with Crippen LogP contribution in [0.4, 0.5) is 10.5 Å². The van der Waals surface area contributed by atoms with Gasteiger partial charge in [0.1, 0.15) is 5.60 Å². The van der Waals surface area contributed by atoms with Crippen molar-refractivity contribution in [3.8, 4) is 0 Å². The molecule has 23 heavy (non-hydrogen) atoms. The molecule has 0 aromatic heterocycles. The third-order valence-electron chi connectivity index (χ3n) is 4.23. The second-order valence-electron chi connectivity index (χ2n) is 7.23. The van der Waals surface area contributed by atoms with E-state index < -0.39 is 11.7 Å². The molecule has 2 N–H and O–H groups in total. The van der Waals surface area contributed by atoms with E-state index >= 15 is 0 Å². The summed E-state index contributed by atoms with van der Waals surface area (Å²) in [6, 6.07) is 5.70. The van der Waals surface area contributed by atoms with Crippen LogP contribution in [0.15, 0.2) is 18.2 Å². The highest BCUT2D eigenvalue weighted by atomic mass is 35.5. The highest BCUT2D eigenvalue weighted by Crippen LogP contribution is 2.36. The monoisotopic (exact) mass is 338 g/mol. The Balaban J connectivity index is 2.17. The van der Waals surface area contributed by atoms with Crippen LogP contribution < -0.4 is 10.6 Å². The Morgan fingerprint density at radius 2 is 2.00 bits per heavy atom. The first kappa shape index (κ1) is 18.1. The first-order valence-corrected chi connectivity index (χ1v) is 8.64. The SMILES string of the molecule is CC(c1ccc(Cl)cc1NC(=O)OC(C)(C)C)C1CCNCC1. The zero-order valence-corrected chi connectivity index (χ0v) is 15.2. The number of amides is 1. The van der Waals surface area contributed by atoms with E-state index in [1.165, 1.54) is 0 Å². The highest BCUT2D eigenvalue weighted by Gasteiger charge is 2.24. The van der Waals surface area contributed by atoms with Gasteiger partial charge in [-0.25, -0.2) is 4.79 Å². The van der Waals surface area contributed by atoms with Gasteiger partial charge in [0.15, 0.2) is 0 Å². The molecule has 128 valence electrons. The molecule has 0 aliphatic carbocycles. The number of benzene rings is 1. The van der Waals surface area contributed by atoms with E-state index in [1.54, 1.807) is 6.07 Å². The fraction of sp³-hybridized carbons (Fsp3) is 0.611. The number of carbonyl (C=O) groups is 1. The summed E-state index contributed by atoms with van der Waals surface area (Å²) in [5.74, 6) is 0.968. The lowest BCUT2D eigenvalue weighted by atomic mass is 9.81. The first-order chi connectivity index (χ1) is 10.8. The van der Waals surface area contributed by atoms with Crippen molar-refractivity contribution in [3.63, 3.8) is 0 Å². The predicted octanol–water partition coefficient (Wildman–Crippen LogP) is 4.79. The fourth-order valence-electron chi connectivity index (χ4n) is 3.05. The number of hydrogen-bond acceptors (Lipinski definition) is 3. The van der Waals surface area contributed by atoms with Crippen molar-refractivity contribution < 1.29 is 9.53 Å². The molecule has 1 aliphatic rings. The highest BCUT2D eigenvalue weighted by molar-refractivity contribution is 6.31. The normalized spacial score (nSPS) is 17.6. The van der Waals surface area contributed by atoms with E-state index in [0.29, 0.717) is 16.9 Å². The number of nitrogens with one attached hydrogen (secondary N) is 2. The van der Waals surface area contributed by atoms with Crippen LogP contribution in [0.3, 0.4) is 0 Å². The van der Waals surface area contributed by atoms with E-state index in [9.17, 15) is 4.79 Å². The van der Waals surface area contributed by atoms with Gasteiger partial charge in [0.25, 0.3) is 0 Å². The van der Waals surface area contributed by atoms with Crippen LogP contribution in [0, 0.1) is 5.92 Å². The fourth-order valence-corrected chi connectivity index (χ4v) is 3.22. The molecule has 1 saturated heterocycles. The number of anilines is 1. The summed E-state index contributed by atoms with van der Waals surface area (Å²) in [6.45, 7) is 9.88. The molecule has 2 rings (SSSR count). The zero-order valence-electron chi connectivity index (χ0n) is 14.4. The van der Waals surface area contributed by atoms with Gasteiger partial charge in [0.2, 0.25) is 0 Å². The number of carbonyl (C=O) groups excluding carboxylic acids is 1. The Labute approximate surface area is 143 Å². The summed E-state index contributed by atoms with van der Waals surface area (Å²) in [4.78, 5) is 12.1. The van der Waals surface area contributed by atoms with Crippen LogP contribution in [0.1, 0.15) is 52.0 Å². The Morgan fingerprint density at radius 1 is 1.35 bits per heavy atom. The lowest BCUT2D eigenvalue weighted by Gasteiger charge is -2.30. The van der Waals surface area contributed by atoms with Crippen LogP contribution in [0.2, 0.25) is 5.02 Å². The van der Waals surface area contributed by atoms with Gasteiger partial charge < -0.3 is 10.1 Å². The molecule has 0 radical (unpaired) electrons. The zero-order chi connectivity index (χ0) is 17.0. The van der Waals surface area contributed by atoms with Gasteiger partial charge in [-0.3, -0.25) is 5.32 Å². The summed E-state index contributed by atoms with van der Waals surface area (Å²) < 4.78 is 5.36. The minimum absolute atomic E-state index is 0.360. The van der Waals surface area contributed by atoms with E-state index in [0.717, 1.165) is 37.2 Å². The van der Waals surface area contributed by atoms with Crippen molar-refractivity contribution in [3.05, 3.63) is 28.8 Å². The molecule has 1 atom stereocenters. The molecular weight excluding hydrogens is 312 g/mol. The Hall–Kier alpha value is -1.26. The maximum Gasteiger partial charge on any atom is 0.412 e. The third kappa shape index (κ3) is 5.40. The second-order valence-corrected chi connectivity index (χ2v) is 7.67. The maximum absolute atomic E-state index is 12.1. The molecule has 0 bridgehead atoms. The van der Waals surface area contributed by atoms with Crippen molar-refractivity contribution in [2.24, 2.45) is 5.92 Å². The molecule has 1 aromatic rings. The number of piperidine rings is 1. The Morgan fingerprint density at radius 3 is 2.61 bits per heavy atom. The van der Waals surface area contributed by atoms with Gasteiger partial charge in [-0.05, 0) is 76.2 Å². The summed E-state index contributed by atoms with van der Waals surface area (Å²) in [5.41, 5.74) is 1.34. The minimum Gasteiger partial charge on any atom is -0.444 e. The van der Waals surface area contributed by atoms with Crippen molar-refractivity contribution in [2.45, 2.75) is 52.1 Å². The summed E-state index contributed by atoms with van der Waals surface area (Å²) in [7, 11) is 0. The van der Waals surface area contributed by atoms with Crippen LogP contribution >= 0.6 is 11.6 Å². The first-order valence-electron chi connectivity index (χ1n) is 8.26. The van der Waals surface area contributed by atoms with Crippen LogP contribution in [0.25, 0.3) is 0 Å². The van der Waals surface area contributed by atoms with E-state index in [1.807, 2.05) is 32.9 Å². The second kappa shape index (κ2) is 7.54. The average Bonchev–Trinajstić information content (AvgIpc) is 2.45. The molecule has 1 aliphatic heterocycles. The molecule has 0 saturated carbocycles. The smallest absolute Gasteiger partial charge is 0.412 e. The van der Waals surface area contributed by atoms with Gasteiger partial charge in [-0.15, -0.1) is 0 Å². The van der Waals surface area contributed by atoms with Gasteiger partial charge in [0.05, 0.1) is 0 Å². The van der Waals surface area contributed by atoms with Gasteiger partial charge in [-0.1, -0.05) is 24.6 Å². The Bertz CT molecular complexity index is 548. The van der Waals surface area contributed by atoms with Crippen molar-refractivity contribution >= 4 is 23.4 Å². The molecule has 1 fully saturated rings. The van der Waals surface area contributed by atoms with Crippen molar-refractivity contribution in [1.82, 2.24) is 5.32 Å². The number of rotatable bonds is 3. The lowest BCUT2D eigenvalue weighted by molar-refractivity contribution is 0.0635. The lowest BCUT2D eigenvalue weighted by Crippen LogP contribution is -2.31. The average molecular weight is 339 g/mol. The maximum atomic E-state index is 12.1. The van der Waals surface area contributed by atoms with Crippen molar-refractivity contribution in [2.75, 3.05) is 18.4 Å². The minimum atomic E-state index is -0.524. The van der Waals surface area contributed by atoms with Crippen LogP contribution in [-0.2, 0) is 4.74 Å². The molecule has 1 amide bonds. The van der Waals surface area contributed by atoms with Gasteiger partial charge >= 0.3 is 6.09 Å². The van der Waals surface area contributed by atoms with E-state index in [2.05, 4.69) is 17.6 Å². The molecule has 1 heterocycles. The summed E-state index contributed by atoms with van der Waals surface area (Å²) in [6.07, 6.45) is 1.85. The predicted molar refractivity (Wildman–Crippen MR) is 95.3 cm³/mol. The van der Waals surface area contributed by atoms with Gasteiger partial charge in [-0.2, -0.15) is 0 Å². The van der Waals surface area contributed by atoms with E-state index in [-0.39, 0.29) is 0 Å². The molecule has 0 spiro atoms. The molecule has 5 heteroatoms. The molecular formula is C18H27ClN2O2. The van der Waals surface area contributed by atoms with Gasteiger partial charge in [0, 0.05) is 10.7 Å². The van der Waals surface area contributed by atoms with E-state index in [4.69, 9.17) is 16.3 Å². The molecule has 1 aromatic carbocycles. The summed E-state index contributed by atoms with van der Waals surface area (Å²) >= 11 is 6.12. The third-order valence-corrected chi connectivity index (χ3v) is 4.47. The number of ether oxygens (including phenoxy) is 1. The quantitative estimate of drug-likeness (QED) is 0.833. The summed E-state index contributed by atoms with van der Waals surface area (Å²) in [5, 5.41) is 6.87. The van der Waals surface area contributed by atoms with Crippen LogP contribution in [0.5, 0.6) is 0 Å². The Kier molecular flexibility index (Phi) is 5.93. The van der Waals surface area contributed by atoms with Crippen molar-refractivity contribution in [1.29, 1.82) is 0 Å². The number of halogens is 1. The topological polar surface area (TPSA) is 50.4 Å². The standard InChI is InChI=1S/C18H27ClN2O2/c1-12(13-7-9-20-10-8-13)15-6-5-14(19)11-16(15)21-17(22)23-18(2,3)4/h5-6,11-13,20H,7-10H2,1-4H3,(H,21,22). The molecule has 4 nitrogen and oxygen atoms in total. The largest absolute Gasteiger partial charge is 0.444 e. The van der Waals surface area contributed by atoms with Crippen LogP contribution in [-0.4, -0.2) is 24.8 Å².